The second-order valence-electron chi connectivity index (χ2n) is 7.45. The Labute approximate surface area is 165 Å². The highest BCUT2D eigenvalue weighted by Gasteiger charge is 2.27. The molecular weight excluding hydrogens is 358 g/mol. The van der Waals surface area contributed by atoms with Crippen LogP contribution in [0.2, 0.25) is 0 Å². The number of hydrogen-bond donors (Lipinski definition) is 0. The highest BCUT2D eigenvalue weighted by atomic mass is 16.3. The molecule has 0 radical (unpaired) electrons. The minimum Gasteiger partial charge on any atom is -0.459 e. The Morgan fingerprint density at radius 3 is 2.46 bits per heavy atom. The van der Waals surface area contributed by atoms with E-state index in [0.717, 1.165) is 19.3 Å². The van der Waals surface area contributed by atoms with Gasteiger partial charge in [0, 0.05) is 39.6 Å². The molecule has 2 heterocycles. The van der Waals surface area contributed by atoms with Crippen molar-refractivity contribution in [1.29, 1.82) is 0 Å². The van der Waals surface area contributed by atoms with Crippen LogP contribution < -0.4 is 0 Å². The number of carbonyl (C=O) groups is 3. The molecule has 0 spiro atoms. The van der Waals surface area contributed by atoms with E-state index in [2.05, 4.69) is 6.08 Å². The van der Waals surface area contributed by atoms with Crippen LogP contribution in [-0.2, 0) is 9.59 Å². The number of allylic oxidation sites excluding steroid dienone is 1. The summed E-state index contributed by atoms with van der Waals surface area (Å²) in [6.07, 6.45) is 9.28. The third-order valence-electron chi connectivity index (χ3n) is 5.51. The zero-order valence-electron chi connectivity index (χ0n) is 16.6. The van der Waals surface area contributed by atoms with Gasteiger partial charge in [-0.15, -0.1) is 0 Å². The number of amides is 3. The van der Waals surface area contributed by atoms with E-state index in [-0.39, 0.29) is 24.3 Å². The van der Waals surface area contributed by atoms with Gasteiger partial charge in [0.2, 0.25) is 11.8 Å². The first-order chi connectivity index (χ1) is 13.5. The molecule has 0 saturated carbocycles. The van der Waals surface area contributed by atoms with E-state index < -0.39 is 0 Å². The Morgan fingerprint density at radius 2 is 1.86 bits per heavy atom. The van der Waals surface area contributed by atoms with Crippen molar-refractivity contribution in [2.24, 2.45) is 0 Å². The van der Waals surface area contributed by atoms with Gasteiger partial charge in [0.25, 0.3) is 5.91 Å². The van der Waals surface area contributed by atoms with Crippen molar-refractivity contribution in [3.8, 4) is 0 Å². The van der Waals surface area contributed by atoms with Crippen molar-refractivity contribution in [2.45, 2.75) is 39.0 Å². The summed E-state index contributed by atoms with van der Waals surface area (Å²) in [5, 5.41) is 0. The Morgan fingerprint density at radius 1 is 1.11 bits per heavy atom. The monoisotopic (exact) mass is 387 g/mol. The Kier molecular flexibility index (Phi) is 6.90. The molecule has 0 bridgehead atoms. The third kappa shape index (κ3) is 5.24. The van der Waals surface area contributed by atoms with Crippen LogP contribution in [0.3, 0.4) is 0 Å². The van der Waals surface area contributed by atoms with Crippen molar-refractivity contribution in [1.82, 2.24) is 14.7 Å². The van der Waals surface area contributed by atoms with Crippen LogP contribution in [0.15, 0.2) is 34.5 Å². The van der Waals surface area contributed by atoms with Crippen LogP contribution >= 0.6 is 0 Å². The predicted octanol–water partition coefficient (Wildman–Crippen LogP) is 2.30. The maximum Gasteiger partial charge on any atom is 0.289 e. The molecule has 7 heteroatoms. The van der Waals surface area contributed by atoms with E-state index in [0.29, 0.717) is 38.5 Å². The molecule has 0 aromatic carbocycles. The summed E-state index contributed by atoms with van der Waals surface area (Å²) >= 11 is 0. The number of nitrogens with zero attached hydrogens (tertiary/aromatic N) is 3. The fourth-order valence-corrected chi connectivity index (χ4v) is 3.74. The topological polar surface area (TPSA) is 74.1 Å². The second-order valence-corrected chi connectivity index (χ2v) is 7.45. The Balaban J connectivity index is 1.47. The average Bonchev–Trinajstić information content (AvgIpc) is 3.26. The molecule has 2 aliphatic rings. The molecule has 152 valence electrons. The molecule has 0 atom stereocenters. The van der Waals surface area contributed by atoms with Crippen LogP contribution in [-0.4, -0.2) is 71.7 Å². The van der Waals surface area contributed by atoms with Gasteiger partial charge in [-0.2, -0.15) is 0 Å². The highest BCUT2D eigenvalue weighted by Crippen LogP contribution is 2.20. The van der Waals surface area contributed by atoms with Crippen LogP contribution in [0.5, 0.6) is 0 Å². The number of piperazine rings is 1. The van der Waals surface area contributed by atoms with Crippen LogP contribution in [0.25, 0.3) is 0 Å². The van der Waals surface area contributed by atoms with Gasteiger partial charge in [0.05, 0.1) is 12.8 Å². The van der Waals surface area contributed by atoms with Crippen LogP contribution in [0, 0.1) is 0 Å². The van der Waals surface area contributed by atoms with Gasteiger partial charge >= 0.3 is 0 Å². The van der Waals surface area contributed by atoms with Gasteiger partial charge in [0.1, 0.15) is 0 Å². The number of carbonyl (C=O) groups excluding carboxylic acids is 3. The summed E-state index contributed by atoms with van der Waals surface area (Å²) in [5.74, 6) is 0.0390. The third-order valence-corrected chi connectivity index (χ3v) is 5.51. The summed E-state index contributed by atoms with van der Waals surface area (Å²) in [6.45, 7) is 4.10. The minimum atomic E-state index is -0.150. The fourth-order valence-electron chi connectivity index (χ4n) is 3.74. The highest BCUT2D eigenvalue weighted by molar-refractivity contribution is 5.91. The molecule has 7 nitrogen and oxygen atoms in total. The number of hydrogen-bond acceptors (Lipinski definition) is 4. The molecular formula is C21H29N3O4. The quantitative estimate of drug-likeness (QED) is 0.702. The molecule has 1 aliphatic heterocycles. The molecule has 1 aromatic heterocycles. The Bertz CT molecular complexity index is 718. The maximum atomic E-state index is 12.7. The number of furan rings is 1. The molecule has 0 unspecified atom stereocenters. The lowest BCUT2D eigenvalue weighted by Crippen LogP contribution is -2.53. The first-order valence-corrected chi connectivity index (χ1v) is 10.1. The molecule has 1 saturated heterocycles. The van der Waals surface area contributed by atoms with Gasteiger partial charge in [-0.1, -0.05) is 11.6 Å². The van der Waals surface area contributed by atoms with Crippen molar-refractivity contribution >= 4 is 17.7 Å². The summed E-state index contributed by atoms with van der Waals surface area (Å²) in [6, 6.07) is 3.33. The molecule has 28 heavy (non-hydrogen) atoms. The lowest BCUT2D eigenvalue weighted by Gasteiger charge is -2.35. The first-order valence-electron chi connectivity index (χ1n) is 10.1. The van der Waals surface area contributed by atoms with Gasteiger partial charge in [-0.05, 0) is 44.2 Å². The van der Waals surface area contributed by atoms with Crippen LogP contribution in [0.4, 0.5) is 0 Å². The predicted molar refractivity (Wildman–Crippen MR) is 105 cm³/mol. The average molecular weight is 387 g/mol. The van der Waals surface area contributed by atoms with E-state index in [4.69, 9.17) is 4.42 Å². The zero-order valence-corrected chi connectivity index (χ0v) is 16.6. The summed E-state index contributed by atoms with van der Waals surface area (Å²) in [7, 11) is 0. The molecule has 1 aromatic rings. The fraction of sp³-hybridized carbons (Fsp3) is 0.571. The summed E-state index contributed by atoms with van der Waals surface area (Å²) in [4.78, 5) is 42.0. The van der Waals surface area contributed by atoms with Crippen molar-refractivity contribution in [3.63, 3.8) is 0 Å². The lowest BCUT2D eigenvalue weighted by molar-refractivity contribution is -0.140. The van der Waals surface area contributed by atoms with Crippen molar-refractivity contribution in [3.05, 3.63) is 35.8 Å². The van der Waals surface area contributed by atoms with Crippen molar-refractivity contribution in [2.75, 3.05) is 39.3 Å². The second kappa shape index (κ2) is 9.57. The van der Waals surface area contributed by atoms with E-state index in [9.17, 15) is 14.4 Å². The van der Waals surface area contributed by atoms with Crippen LogP contribution in [0.1, 0.15) is 49.6 Å². The SMILES string of the molecule is CC(=O)N(CCC1=CCCCC1)CC(=O)N1CCN(C(=O)c2ccco2)CC1. The van der Waals surface area contributed by atoms with Gasteiger partial charge in [-0.25, -0.2) is 0 Å². The van der Waals surface area contributed by atoms with Gasteiger partial charge < -0.3 is 19.1 Å². The largest absolute Gasteiger partial charge is 0.459 e. The molecule has 3 rings (SSSR count). The standard InChI is InChI=1S/C21H29N3O4/c1-17(25)24(10-9-18-6-3-2-4-7-18)16-20(26)22-11-13-23(14-12-22)21(27)19-8-5-15-28-19/h5-6,8,15H,2-4,7,9-14,16H2,1H3. The smallest absolute Gasteiger partial charge is 0.289 e. The van der Waals surface area contributed by atoms with Crippen molar-refractivity contribution < 1.29 is 18.8 Å². The molecule has 0 N–H and O–H groups in total. The normalized spacial score (nSPS) is 17.2. The van der Waals surface area contributed by atoms with E-state index >= 15 is 0 Å². The molecule has 1 aliphatic carbocycles. The van der Waals surface area contributed by atoms with E-state index in [1.54, 1.807) is 26.8 Å². The summed E-state index contributed by atoms with van der Waals surface area (Å²) < 4.78 is 5.16. The lowest BCUT2D eigenvalue weighted by atomic mass is 9.97. The zero-order chi connectivity index (χ0) is 19.9. The number of rotatable bonds is 6. The summed E-state index contributed by atoms with van der Waals surface area (Å²) in [5.41, 5.74) is 1.40. The van der Waals surface area contributed by atoms with Gasteiger partial charge in [-0.3, -0.25) is 14.4 Å². The molecule has 1 fully saturated rings. The van der Waals surface area contributed by atoms with E-state index in [1.165, 1.54) is 31.6 Å². The maximum absolute atomic E-state index is 12.7. The first kappa shape index (κ1) is 20.2. The van der Waals surface area contributed by atoms with E-state index in [1.807, 2.05) is 0 Å². The van der Waals surface area contributed by atoms with Gasteiger partial charge in [0.15, 0.2) is 5.76 Å². The Hall–Kier alpha value is -2.57. The molecule has 3 amide bonds. The minimum absolute atomic E-state index is 0.0575.